The fraction of sp³-hybridized carbons (Fsp3) is 0.333. The summed E-state index contributed by atoms with van der Waals surface area (Å²) in [6.07, 6.45) is -2.90. The molecule has 0 spiro atoms. The van der Waals surface area contributed by atoms with Gasteiger partial charge in [0.05, 0.1) is 6.10 Å². The van der Waals surface area contributed by atoms with E-state index in [-0.39, 0.29) is 11.9 Å². The van der Waals surface area contributed by atoms with Crippen LogP contribution >= 0.6 is 11.6 Å². The summed E-state index contributed by atoms with van der Waals surface area (Å²) in [4.78, 5) is 24.1. The topological polar surface area (TPSA) is 114 Å². The average molecular weight is 514 g/mol. The van der Waals surface area contributed by atoms with Gasteiger partial charge in [-0.1, -0.05) is 29.8 Å². The first-order valence-corrected chi connectivity index (χ1v) is 11.1. The van der Waals surface area contributed by atoms with Gasteiger partial charge in [0.25, 0.3) is 5.91 Å². The van der Waals surface area contributed by atoms with Crippen LogP contribution in [0.1, 0.15) is 41.4 Å². The van der Waals surface area contributed by atoms with Crippen molar-refractivity contribution in [3.8, 4) is 0 Å². The lowest BCUT2D eigenvalue weighted by atomic mass is 10.0. The van der Waals surface area contributed by atoms with Crippen molar-refractivity contribution < 1.29 is 33.0 Å². The molecule has 2 atom stereocenters. The van der Waals surface area contributed by atoms with E-state index in [1.54, 1.807) is 12.1 Å². The number of aliphatic hydroxyl groups is 1. The molecule has 0 aliphatic heterocycles. The van der Waals surface area contributed by atoms with Gasteiger partial charge in [-0.2, -0.15) is 13.2 Å². The van der Waals surface area contributed by atoms with Crippen LogP contribution in [-0.2, 0) is 11.2 Å². The Balaban J connectivity index is 0.000000540. The van der Waals surface area contributed by atoms with Crippen LogP contribution in [0.15, 0.2) is 48.7 Å². The van der Waals surface area contributed by atoms with Gasteiger partial charge in [-0.15, -0.1) is 0 Å². The number of carboxylic acids is 1. The molecule has 0 unspecified atom stereocenters. The normalized spacial score (nSPS) is 13.0. The molecule has 35 heavy (non-hydrogen) atoms. The monoisotopic (exact) mass is 513 g/mol. The minimum Gasteiger partial charge on any atom is -0.475 e. The number of alkyl halides is 3. The molecule has 0 saturated heterocycles. The van der Waals surface area contributed by atoms with Crippen molar-refractivity contribution in [2.75, 3.05) is 13.1 Å². The maximum Gasteiger partial charge on any atom is 0.490 e. The van der Waals surface area contributed by atoms with Gasteiger partial charge in [-0.05, 0) is 55.7 Å². The number of aromatic nitrogens is 1. The third-order valence-corrected chi connectivity index (χ3v) is 5.26. The Labute approximate surface area is 205 Å². The van der Waals surface area contributed by atoms with E-state index in [1.807, 2.05) is 43.5 Å². The van der Waals surface area contributed by atoms with Crippen LogP contribution in [0.2, 0.25) is 5.02 Å². The number of carboxylic acid groups (broad SMARTS) is 1. The summed E-state index contributed by atoms with van der Waals surface area (Å²) in [6.45, 7) is 5.05. The highest BCUT2D eigenvalue weighted by molar-refractivity contribution is 6.30. The molecule has 1 heterocycles. The molecule has 0 bridgehead atoms. The maximum absolute atomic E-state index is 12.0. The van der Waals surface area contributed by atoms with Crippen molar-refractivity contribution >= 4 is 34.4 Å². The molecule has 11 heteroatoms. The van der Waals surface area contributed by atoms with Crippen LogP contribution in [0.3, 0.4) is 0 Å². The summed E-state index contributed by atoms with van der Waals surface area (Å²) in [5.74, 6) is -2.82. The van der Waals surface area contributed by atoms with Crippen LogP contribution in [-0.4, -0.2) is 52.4 Å². The number of benzene rings is 2. The molecular formula is C24H27ClF3N3O4. The second-order valence-electron chi connectivity index (χ2n) is 7.82. The first-order valence-electron chi connectivity index (χ1n) is 10.8. The molecule has 0 saturated carbocycles. The quantitative estimate of drug-likeness (QED) is 0.305. The number of rotatable bonds is 8. The third kappa shape index (κ3) is 8.57. The molecule has 3 aromatic rings. The molecule has 0 radical (unpaired) electrons. The van der Waals surface area contributed by atoms with E-state index in [0.717, 1.165) is 22.9 Å². The Morgan fingerprint density at radius 2 is 1.86 bits per heavy atom. The number of amides is 1. The number of carbonyl (C=O) groups is 2. The van der Waals surface area contributed by atoms with E-state index in [2.05, 4.69) is 22.5 Å². The minimum atomic E-state index is -5.08. The predicted molar refractivity (Wildman–Crippen MR) is 128 cm³/mol. The zero-order valence-corrected chi connectivity index (χ0v) is 19.9. The number of aliphatic carboxylic acids is 1. The van der Waals surface area contributed by atoms with Crippen LogP contribution < -0.4 is 10.6 Å². The van der Waals surface area contributed by atoms with E-state index in [9.17, 15) is 23.1 Å². The fourth-order valence-corrected chi connectivity index (χ4v) is 3.50. The van der Waals surface area contributed by atoms with Gasteiger partial charge in [0.15, 0.2) is 0 Å². The Hall–Kier alpha value is -3.08. The molecule has 3 rings (SSSR count). The predicted octanol–water partition coefficient (Wildman–Crippen LogP) is 4.46. The zero-order chi connectivity index (χ0) is 26.2. The van der Waals surface area contributed by atoms with Gasteiger partial charge < -0.3 is 25.8 Å². The molecule has 1 amide bonds. The number of carbonyl (C=O) groups excluding carboxylic acids is 1. The highest BCUT2D eigenvalue weighted by Crippen LogP contribution is 2.22. The lowest BCUT2D eigenvalue weighted by Crippen LogP contribution is -2.32. The highest BCUT2D eigenvalue weighted by Gasteiger charge is 2.38. The fourth-order valence-electron chi connectivity index (χ4n) is 3.31. The van der Waals surface area contributed by atoms with Crippen molar-refractivity contribution in [1.29, 1.82) is 0 Å². The number of fused-ring (bicyclic) bond motifs is 1. The number of nitrogens with one attached hydrogen (secondary N) is 3. The van der Waals surface area contributed by atoms with E-state index < -0.39 is 18.2 Å². The maximum atomic E-state index is 12.0. The number of H-pyrrole nitrogens is 1. The molecule has 0 fully saturated rings. The molecule has 0 aliphatic carbocycles. The third-order valence-electron chi connectivity index (χ3n) is 5.03. The van der Waals surface area contributed by atoms with Gasteiger partial charge >= 0.3 is 12.1 Å². The van der Waals surface area contributed by atoms with E-state index in [1.165, 1.54) is 5.56 Å². The molecular weight excluding hydrogens is 487 g/mol. The van der Waals surface area contributed by atoms with Crippen molar-refractivity contribution in [3.63, 3.8) is 0 Å². The van der Waals surface area contributed by atoms with Gasteiger partial charge in [-0.3, -0.25) is 4.79 Å². The van der Waals surface area contributed by atoms with Crippen molar-refractivity contribution in [1.82, 2.24) is 15.6 Å². The number of hydrogen-bond acceptors (Lipinski definition) is 4. The zero-order valence-electron chi connectivity index (χ0n) is 19.1. The van der Waals surface area contributed by atoms with Crippen LogP contribution in [0.5, 0.6) is 0 Å². The van der Waals surface area contributed by atoms with E-state index in [0.29, 0.717) is 23.7 Å². The van der Waals surface area contributed by atoms with Gasteiger partial charge in [0.2, 0.25) is 0 Å². The largest absolute Gasteiger partial charge is 0.490 e. The van der Waals surface area contributed by atoms with Gasteiger partial charge in [0, 0.05) is 46.8 Å². The smallest absolute Gasteiger partial charge is 0.475 e. The molecule has 5 N–H and O–H groups in total. The van der Waals surface area contributed by atoms with Crippen LogP contribution in [0.25, 0.3) is 10.9 Å². The SMILES string of the molecule is CCNC(=O)c1ccc2c(C[C@@H](C)NC[C@H](O)c3cccc(Cl)c3)c[nH]c2c1.O=C(O)C(F)(F)F. The summed E-state index contributed by atoms with van der Waals surface area (Å²) >= 11 is 5.99. The van der Waals surface area contributed by atoms with Crippen molar-refractivity contribution in [2.45, 2.75) is 38.6 Å². The lowest BCUT2D eigenvalue weighted by Gasteiger charge is -2.17. The number of aliphatic hydroxyl groups excluding tert-OH is 1. The van der Waals surface area contributed by atoms with Crippen LogP contribution in [0.4, 0.5) is 13.2 Å². The summed E-state index contributed by atoms with van der Waals surface area (Å²) in [5, 5.41) is 25.4. The van der Waals surface area contributed by atoms with Gasteiger partial charge in [-0.25, -0.2) is 4.79 Å². The molecule has 2 aromatic carbocycles. The summed E-state index contributed by atoms with van der Waals surface area (Å²) in [6, 6.07) is 13.2. The molecule has 0 aliphatic rings. The van der Waals surface area contributed by atoms with E-state index >= 15 is 0 Å². The molecule has 1 aromatic heterocycles. The molecule has 7 nitrogen and oxygen atoms in total. The average Bonchev–Trinajstić information content (AvgIpc) is 3.19. The summed E-state index contributed by atoms with van der Waals surface area (Å²) in [7, 11) is 0. The number of hydrogen-bond donors (Lipinski definition) is 5. The lowest BCUT2D eigenvalue weighted by molar-refractivity contribution is -0.192. The Morgan fingerprint density at radius 1 is 1.17 bits per heavy atom. The van der Waals surface area contributed by atoms with E-state index in [4.69, 9.17) is 21.5 Å². The Bertz CT molecular complexity index is 1150. The van der Waals surface area contributed by atoms with Crippen molar-refractivity contribution in [2.24, 2.45) is 0 Å². The second kappa shape index (κ2) is 12.6. The summed E-state index contributed by atoms with van der Waals surface area (Å²) < 4.78 is 31.7. The minimum absolute atomic E-state index is 0.0643. The number of aromatic amines is 1. The summed E-state index contributed by atoms with van der Waals surface area (Å²) in [5.41, 5.74) is 3.58. The number of halogens is 4. The standard InChI is InChI=1S/C22H26ClN3O2.C2HF3O2/c1-3-24-22(28)16-7-8-19-17(12-26-20(19)11-16)9-14(2)25-13-21(27)15-5-4-6-18(23)10-15;3-2(4,5)1(6)7/h4-8,10-12,14,21,25-27H,3,9,13H2,1-2H3,(H,24,28);(H,6,7)/t14-,21+;/m1./s1. The first kappa shape index (κ1) is 28.2. The van der Waals surface area contributed by atoms with Crippen LogP contribution in [0, 0.1) is 0 Å². The Kier molecular flexibility index (Phi) is 10.1. The highest BCUT2D eigenvalue weighted by atomic mass is 35.5. The first-order chi connectivity index (χ1) is 16.4. The molecule has 190 valence electrons. The van der Waals surface area contributed by atoms with Crippen molar-refractivity contribution in [3.05, 3.63) is 70.4 Å². The second-order valence-corrected chi connectivity index (χ2v) is 8.26. The Morgan fingerprint density at radius 3 is 2.46 bits per heavy atom. The van der Waals surface area contributed by atoms with Gasteiger partial charge in [0.1, 0.15) is 0 Å².